The number of carbonyl (C=O) groups excluding carboxylic acids is 1. The lowest BCUT2D eigenvalue weighted by molar-refractivity contribution is -0.183. The molecule has 1 atom stereocenters. The maximum Gasteiger partial charge on any atom is 0.405 e. The topological polar surface area (TPSA) is 73.1 Å². The van der Waals surface area contributed by atoms with Crippen molar-refractivity contribution in [1.29, 1.82) is 0 Å². The summed E-state index contributed by atoms with van der Waals surface area (Å²) >= 11 is 0. The minimum atomic E-state index is -4.38. The molecule has 1 fully saturated rings. The van der Waals surface area contributed by atoms with E-state index in [2.05, 4.69) is 20.8 Å². The van der Waals surface area contributed by atoms with Gasteiger partial charge in [0.1, 0.15) is 11.7 Å². The summed E-state index contributed by atoms with van der Waals surface area (Å²) in [5.41, 5.74) is 0.145. The molecule has 0 aliphatic carbocycles. The van der Waals surface area contributed by atoms with Gasteiger partial charge in [0.15, 0.2) is 0 Å². The average molecular weight is 291 g/mol. The molecular weight excluding hydrogens is 275 g/mol. The van der Waals surface area contributed by atoms with Gasteiger partial charge in [-0.25, -0.2) is 0 Å². The van der Waals surface area contributed by atoms with Crippen LogP contribution in [0, 0.1) is 0 Å². The van der Waals surface area contributed by atoms with Crippen molar-refractivity contribution in [2.75, 3.05) is 32.7 Å². The normalized spacial score (nSPS) is 18.8. The number of alkyl halides is 3. The lowest BCUT2D eigenvalue weighted by Crippen LogP contribution is -2.57. The minimum absolute atomic E-state index is 0.145. The van der Waals surface area contributed by atoms with E-state index in [1.807, 2.05) is 0 Å². The highest BCUT2D eigenvalue weighted by atomic mass is 19.4. The molecule has 20 heavy (non-hydrogen) atoms. The van der Waals surface area contributed by atoms with Gasteiger partial charge in [0.2, 0.25) is 0 Å². The fourth-order valence-electron chi connectivity index (χ4n) is 2.11. The van der Waals surface area contributed by atoms with Crippen LogP contribution in [0.1, 0.15) is 10.5 Å². The number of hydrogen-bond acceptors (Lipinski definition) is 4. The van der Waals surface area contributed by atoms with Crippen molar-refractivity contribution in [2.24, 2.45) is 0 Å². The summed E-state index contributed by atoms with van der Waals surface area (Å²) in [6.07, 6.45) is -3.01. The van der Waals surface area contributed by atoms with E-state index in [1.54, 1.807) is 0 Å². The van der Waals surface area contributed by atoms with Crippen molar-refractivity contribution in [1.82, 2.24) is 25.7 Å². The quantitative estimate of drug-likeness (QED) is 0.729. The van der Waals surface area contributed by atoms with Crippen LogP contribution < -0.4 is 10.6 Å². The van der Waals surface area contributed by atoms with Crippen LogP contribution in [-0.4, -0.2) is 65.9 Å². The van der Waals surface area contributed by atoms with Crippen LogP contribution in [0.5, 0.6) is 0 Å². The van der Waals surface area contributed by atoms with Gasteiger partial charge < -0.3 is 10.6 Å². The van der Waals surface area contributed by atoms with E-state index < -0.39 is 24.7 Å². The number of amides is 1. The van der Waals surface area contributed by atoms with Gasteiger partial charge in [0, 0.05) is 38.9 Å². The van der Waals surface area contributed by atoms with Crippen LogP contribution in [-0.2, 0) is 0 Å². The molecule has 2 rings (SSSR count). The Hall–Kier alpha value is -1.61. The molecular formula is C11H16F3N5O. The van der Waals surface area contributed by atoms with Crippen LogP contribution >= 0.6 is 0 Å². The molecule has 3 N–H and O–H groups in total. The highest BCUT2D eigenvalue weighted by Crippen LogP contribution is 2.24. The fraction of sp³-hybridized carbons (Fsp3) is 0.636. The first kappa shape index (κ1) is 14.8. The SMILES string of the molecule is O=C(NCC(N1CCNCC1)C(F)(F)F)c1ccn[nH]1. The Balaban J connectivity index is 1.95. The monoisotopic (exact) mass is 291 g/mol. The first-order chi connectivity index (χ1) is 9.48. The van der Waals surface area contributed by atoms with Gasteiger partial charge in [-0.05, 0) is 6.07 Å². The molecule has 9 heteroatoms. The number of carbonyl (C=O) groups is 1. The third-order valence-electron chi connectivity index (χ3n) is 3.17. The van der Waals surface area contributed by atoms with Gasteiger partial charge in [0.25, 0.3) is 5.91 Å². The molecule has 1 saturated heterocycles. The van der Waals surface area contributed by atoms with Crippen molar-refractivity contribution < 1.29 is 18.0 Å². The number of nitrogens with zero attached hydrogens (tertiary/aromatic N) is 2. The Morgan fingerprint density at radius 2 is 2.15 bits per heavy atom. The van der Waals surface area contributed by atoms with Crippen LogP contribution in [0.15, 0.2) is 12.3 Å². The van der Waals surface area contributed by atoms with Crippen LogP contribution in [0.3, 0.4) is 0 Å². The molecule has 1 amide bonds. The second-order valence-corrected chi connectivity index (χ2v) is 4.52. The Morgan fingerprint density at radius 1 is 1.45 bits per heavy atom. The Kier molecular flexibility index (Phi) is 4.61. The van der Waals surface area contributed by atoms with E-state index in [0.29, 0.717) is 26.2 Å². The zero-order valence-corrected chi connectivity index (χ0v) is 10.7. The number of H-pyrrole nitrogens is 1. The Labute approximate surface area is 113 Å². The largest absolute Gasteiger partial charge is 0.405 e. The van der Waals surface area contributed by atoms with Gasteiger partial charge in [0.05, 0.1) is 0 Å². The molecule has 0 spiro atoms. The van der Waals surface area contributed by atoms with Crippen molar-refractivity contribution in [3.05, 3.63) is 18.0 Å². The molecule has 0 saturated carbocycles. The second kappa shape index (κ2) is 6.23. The Morgan fingerprint density at radius 3 is 2.70 bits per heavy atom. The zero-order valence-electron chi connectivity index (χ0n) is 10.7. The number of hydrogen-bond donors (Lipinski definition) is 3. The average Bonchev–Trinajstić information content (AvgIpc) is 2.92. The number of aromatic amines is 1. The predicted octanol–water partition coefficient (Wildman–Crippen LogP) is -0.0244. The third-order valence-corrected chi connectivity index (χ3v) is 3.17. The number of nitrogens with one attached hydrogen (secondary N) is 3. The van der Waals surface area contributed by atoms with E-state index >= 15 is 0 Å². The van der Waals surface area contributed by atoms with Crippen molar-refractivity contribution in [3.8, 4) is 0 Å². The molecule has 1 aromatic rings. The molecule has 1 aromatic heterocycles. The maximum absolute atomic E-state index is 13.1. The van der Waals surface area contributed by atoms with Crippen molar-refractivity contribution >= 4 is 5.91 Å². The predicted molar refractivity (Wildman–Crippen MR) is 65.2 cm³/mol. The summed E-state index contributed by atoms with van der Waals surface area (Å²) in [7, 11) is 0. The number of aromatic nitrogens is 2. The van der Waals surface area contributed by atoms with E-state index in [0.717, 1.165) is 0 Å². The highest BCUT2D eigenvalue weighted by Gasteiger charge is 2.43. The minimum Gasteiger partial charge on any atom is -0.349 e. The van der Waals surface area contributed by atoms with E-state index in [1.165, 1.54) is 17.2 Å². The summed E-state index contributed by atoms with van der Waals surface area (Å²) in [5.74, 6) is -0.591. The van der Waals surface area contributed by atoms with Gasteiger partial charge in [-0.2, -0.15) is 18.3 Å². The van der Waals surface area contributed by atoms with Gasteiger partial charge in [-0.1, -0.05) is 0 Å². The molecule has 1 aliphatic heterocycles. The van der Waals surface area contributed by atoms with Crippen LogP contribution in [0.25, 0.3) is 0 Å². The summed E-state index contributed by atoms with van der Waals surface area (Å²) < 4.78 is 39.2. The molecule has 0 aromatic carbocycles. The van der Waals surface area contributed by atoms with E-state index in [4.69, 9.17) is 0 Å². The first-order valence-electron chi connectivity index (χ1n) is 6.27. The van der Waals surface area contributed by atoms with Gasteiger partial charge >= 0.3 is 6.18 Å². The van der Waals surface area contributed by atoms with Gasteiger partial charge in [-0.15, -0.1) is 0 Å². The summed E-state index contributed by atoms with van der Waals surface area (Å²) in [5, 5.41) is 11.3. The first-order valence-corrected chi connectivity index (χ1v) is 6.27. The Bertz CT molecular complexity index is 428. The molecule has 6 nitrogen and oxygen atoms in total. The second-order valence-electron chi connectivity index (χ2n) is 4.52. The van der Waals surface area contributed by atoms with Crippen LogP contribution in [0.4, 0.5) is 13.2 Å². The summed E-state index contributed by atoms with van der Waals surface area (Å²) in [6.45, 7) is 1.18. The maximum atomic E-state index is 13.1. The number of rotatable bonds is 4. The smallest absolute Gasteiger partial charge is 0.349 e. The molecule has 1 unspecified atom stereocenters. The van der Waals surface area contributed by atoms with Crippen molar-refractivity contribution in [2.45, 2.75) is 12.2 Å². The zero-order chi connectivity index (χ0) is 14.6. The molecule has 1 aliphatic rings. The number of halogens is 3. The summed E-state index contributed by atoms with van der Waals surface area (Å²) in [4.78, 5) is 13.0. The van der Waals surface area contributed by atoms with Crippen molar-refractivity contribution in [3.63, 3.8) is 0 Å². The molecule has 2 heterocycles. The molecule has 112 valence electrons. The lowest BCUT2D eigenvalue weighted by atomic mass is 10.2. The highest BCUT2D eigenvalue weighted by molar-refractivity contribution is 5.92. The van der Waals surface area contributed by atoms with E-state index in [9.17, 15) is 18.0 Å². The molecule has 0 bridgehead atoms. The summed E-state index contributed by atoms with van der Waals surface area (Å²) in [6, 6.07) is -0.264. The third kappa shape index (κ3) is 3.70. The molecule has 0 radical (unpaired) electrons. The number of piperazine rings is 1. The fourth-order valence-corrected chi connectivity index (χ4v) is 2.11. The standard InChI is InChI=1S/C11H16F3N5O/c12-11(13,14)9(19-5-3-15-4-6-19)7-16-10(20)8-1-2-17-18-8/h1-2,9,15H,3-7H2,(H,16,20)(H,17,18). The van der Waals surface area contributed by atoms with E-state index in [-0.39, 0.29) is 5.69 Å². The van der Waals surface area contributed by atoms with Crippen LogP contribution in [0.2, 0.25) is 0 Å². The lowest BCUT2D eigenvalue weighted by Gasteiger charge is -2.35. The van der Waals surface area contributed by atoms with Gasteiger partial charge in [-0.3, -0.25) is 14.8 Å².